The van der Waals surface area contributed by atoms with Crippen molar-refractivity contribution in [2.45, 2.75) is 0 Å². The Morgan fingerprint density at radius 1 is 1.10 bits per heavy atom. The van der Waals surface area contributed by atoms with Crippen LogP contribution in [-0.4, -0.2) is 11.7 Å². The van der Waals surface area contributed by atoms with E-state index in [0.717, 1.165) is 10.0 Å². The number of nitrogens with zero attached hydrogens (tertiary/aromatic N) is 1. The third kappa shape index (κ3) is 2.92. The number of carbonyl (C=O) groups excluding carboxylic acids is 1. The van der Waals surface area contributed by atoms with E-state index in [1.54, 1.807) is 24.3 Å². The third-order valence-electron chi connectivity index (χ3n) is 3.00. The minimum atomic E-state index is -0.415. The van der Waals surface area contributed by atoms with Gasteiger partial charge in [-0.15, -0.1) is 0 Å². The molecule has 1 amide bonds. The smallest absolute Gasteiger partial charge is 0.275 e. The Bertz CT molecular complexity index is 766. The first kappa shape index (κ1) is 13.7. The van der Waals surface area contributed by atoms with Gasteiger partial charge in [0.2, 0.25) is 0 Å². The summed E-state index contributed by atoms with van der Waals surface area (Å²) in [4.78, 5) is 16.1. The van der Waals surface area contributed by atoms with E-state index in [4.69, 9.17) is 0 Å². The quantitative estimate of drug-likeness (QED) is 0.832. The Morgan fingerprint density at radius 3 is 2.52 bits per heavy atom. The van der Waals surface area contributed by atoms with Crippen molar-refractivity contribution in [2.75, 3.05) is 0 Å². The fourth-order valence-corrected chi connectivity index (χ4v) is 2.23. The average Bonchev–Trinajstić information content (AvgIpc) is 2.83. The first-order valence-corrected chi connectivity index (χ1v) is 7.05. The lowest BCUT2D eigenvalue weighted by atomic mass is 10.2. The Hall–Kier alpha value is -2.27. The summed E-state index contributed by atoms with van der Waals surface area (Å²) >= 11 is 3.35. The molecule has 21 heavy (non-hydrogen) atoms. The molecule has 0 saturated carbocycles. The molecule has 0 spiro atoms. The van der Waals surface area contributed by atoms with E-state index in [0.29, 0.717) is 0 Å². The van der Waals surface area contributed by atoms with Gasteiger partial charge in [-0.2, -0.15) is 0 Å². The molecule has 3 rings (SSSR count). The van der Waals surface area contributed by atoms with Crippen molar-refractivity contribution in [1.82, 2.24) is 5.32 Å². The van der Waals surface area contributed by atoms with E-state index in [1.165, 1.54) is 6.07 Å². The van der Waals surface area contributed by atoms with E-state index in [9.17, 15) is 9.18 Å². The highest BCUT2D eigenvalue weighted by Gasteiger charge is 2.22. The number of benzene rings is 2. The Morgan fingerprint density at radius 2 is 1.81 bits per heavy atom. The Kier molecular flexibility index (Phi) is 3.66. The van der Waals surface area contributed by atoms with Crippen LogP contribution in [0.15, 0.2) is 63.7 Å². The lowest BCUT2D eigenvalue weighted by Crippen LogP contribution is -2.25. The van der Waals surface area contributed by atoms with Crippen molar-refractivity contribution in [3.05, 3.63) is 75.6 Å². The molecule has 0 aromatic heterocycles. The third-order valence-corrected chi connectivity index (χ3v) is 3.53. The first-order valence-electron chi connectivity index (χ1n) is 6.26. The summed E-state index contributed by atoms with van der Waals surface area (Å²) in [5.41, 5.74) is 1.39. The van der Waals surface area contributed by atoms with Gasteiger partial charge in [-0.3, -0.25) is 4.79 Å². The van der Waals surface area contributed by atoms with E-state index in [1.807, 2.05) is 24.3 Å². The maximum atomic E-state index is 13.7. The zero-order chi connectivity index (χ0) is 14.8. The molecule has 2 aromatic carbocycles. The van der Waals surface area contributed by atoms with Crippen molar-refractivity contribution in [2.24, 2.45) is 4.99 Å². The topological polar surface area (TPSA) is 41.5 Å². The zero-order valence-corrected chi connectivity index (χ0v) is 12.4. The molecule has 0 bridgehead atoms. The fourth-order valence-electron chi connectivity index (χ4n) is 1.97. The van der Waals surface area contributed by atoms with E-state index in [2.05, 4.69) is 26.2 Å². The number of carbonyl (C=O) groups is 1. The second-order valence-electron chi connectivity index (χ2n) is 4.48. The maximum Gasteiger partial charge on any atom is 0.275 e. The van der Waals surface area contributed by atoms with E-state index in [-0.39, 0.29) is 23.0 Å². The van der Waals surface area contributed by atoms with Crippen molar-refractivity contribution < 1.29 is 9.18 Å². The van der Waals surface area contributed by atoms with Crippen molar-refractivity contribution >= 4 is 33.7 Å². The minimum absolute atomic E-state index is 0.237. The number of nitrogens with one attached hydrogen (secondary N) is 1. The zero-order valence-electron chi connectivity index (χ0n) is 10.8. The van der Waals surface area contributed by atoms with Gasteiger partial charge in [0, 0.05) is 4.47 Å². The number of hydrogen-bond acceptors (Lipinski definition) is 2. The molecule has 0 radical (unpaired) electrons. The Balaban J connectivity index is 1.96. The molecule has 104 valence electrons. The second-order valence-corrected chi connectivity index (χ2v) is 5.39. The second kappa shape index (κ2) is 5.61. The van der Waals surface area contributed by atoms with Crippen molar-refractivity contribution in [3.63, 3.8) is 0 Å². The summed E-state index contributed by atoms with van der Waals surface area (Å²) in [5.74, 6) is -0.515. The van der Waals surface area contributed by atoms with Gasteiger partial charge in [0.05, 0.1) is 5.56 Å². The van der Waals surface area contributed by atoms with E-state index >= 15 is 0 Å². The predicted octanol–water partition coefficient (Wildman–Crippen LogP) is 3.51. The summed E-state index contributed by atoms with van der Waals surface area (Å²) in [7, 11) is 0. The molecule has 1 heterocycles. The number of rotatable bonds is 2. The predicted molar refractivity (Wildman–Crippen MR) is 83.2 cm³/mol. The summed E-state index contributed by atoms with van der Waals surface area (Å²) < 4.78 is 14.7. The molecule has 1 aliphatic rings. The minimum Gasteiger partial charge on any atom is -0.305 e. The molecule has 3 nitrogen and oxygen atoms in total. The fraction of sp³-hybridized carbons (Fsp3) is 0. The maximum absolute atomic E-state index is 13.7. The largest absolute Gasteiger partial charge is 0.305 e. The highest BCUT2D eigenvalue weighted by Crippen LogP contribution is 2.18. The molecular weight excluding hydrogens is 335 g/mol. The van der Waals surface area contributed by atoms with Gasteiger partial charge in [-0.05, 0) is 35.9 Å². The lowest BCUT2D eigenvalue weighted by molar-refractivity contribution is -0.115. The van der Waals surface area contributed by atoms with Gasteiger partial charge < -0.3 is 5.32 Å². The van der Waals surface area contributed by atoms with Gasteiger partial charge in [0.1, 0.15) is 17.3 Å². The molecular formula is C16H10BrFN2O. The molecule has 2 aromatic rings. The van der Waals surface area contributed by atoms with Gasteiger partial charge in [-0.1, -0.05) is 40.2 Å². The van der Waals surface area contributed by atoms with Crippen LogP contribution in [0.2, 0.25) is 0 Å². The monoisotopic (exact) mass is 344 g/mol. The van der Waals surface area contributed by atoms with E-state index < -0.39 is 5.82 Å². The molecule has 1 aliphatic heterocycles. The van der Waals surface area contributed by atoms with Crippen LogP contribution >= 0.6 is 15.9 Å². The van der Waals surface area contributed by atoms with Crippen LogP contribution in [-0.2, 0) is 4.79 Å². The summed E-state index contributed by atoms with van der Waals surface area (Å²) in [6.07, 6.45) is 1.66. The highest BCUT2D eigenvalue weighted by molar-refractivity contribution is 9.10. The molecule has 5 heteroatoms. The standard InChI is InChI=1S/C16H10BrFN2O/c17-11-7-5-10(6-8-11)9-14-16(21)20-15(19-14)12-3-1-2-4-13(12)18/h1-9H,(H,19,20,21). The molecule has 0 atom stereocenters. The van der Waals surface area contributed by atoms with Crippen molar-refractivity contribution in [1.29, 1.82) is 0 Å². The van der Waals surface area contributed by atoms with Gasteiger partial charge in [0.15, 0.2) is 0 Å². The van der Waals surface area contributed by atoms with Crippen LogP contribution in [0, 0.1) is 5.82 Å². The van der Waals surface area contributed by atoms with Crippen LogP contribution in [0.5, 0.6) is 0 Å². The summed E-state index contributed by atoms with van der Waals surface area (Å²) in [6.45, 7) is 0. The number of aliphatic imine (C=N–C) groups is 1. The molecule has 0 aliphatic carbocycles. The Labute approximate surface area is 129 Å². The van der Waals surface area contributed by atoms with Crippen LogP contribution in [0.3, 0.4) is 0 Å². The first-order chi connectivity index (χ1) is 10.1. The SMILES string of the molecule is O=C1NC(c2ccccc2F)=NC1=Cc1ccc(Br)cc1. The van der Waals surface area contributed by atoms with Gasteiger partial charge in [-0.25, -0.2) is 9.38 Å². The van der Waals surface area contributed by atoms with Gasteiger partial charge in [0.25, 0.3) is 5.91 Å². The lowest BCUT2D eigenvalue weighted by Gasteiger charge is -2.00. The summed E-state index contributed by atoms with van der Waals surface area (Å²) in [5, 5.41) is 2.59. The van der Waals surface area contributed by atoms with Crippen LogP contribution in [0.4, 0.5) is 4.39 Å². The molecule has 0 unspecified atom stereocenters. The van der Waals surface area contributed by atoms with Crippen LogP contribution in [0.25, 0.3) is 6.08 Å². The van der Waals surface area contributed by atoms with Crippen LogP contribution in [0.1, 0.15) is 11.1 Å². The molecule has 1 N–H and O–H groups in total. The molecule has 0 fully saturated rings. The summed E-state index contributed by atoms with van der Waals surface area (Å²) in [6, 6.07) is 13.7. The van der Waals surface area contributed by atoms with Crippen molar-refractivity contribution in [3.8, 4) is 0 Å². The normalized spacial score (nSPS) is 16.0. The number of halogens is 2. The highest BCUT2D eigenvalue weighted by atomic mass is 79.9. The number of amides is 1. The van der Waals surface area contributed by atoms with Crippen LogP contribution < -0.4 is 5.32 Å². The number of amidine groups is 1. The van der Waals surface area contributed by atoms with Gasteiger partial charge >= 0.3 is 0 Å². The number of hydrogen-bond donors (Lipinski definition) is 1. The average molecular weight is 345 g/mol. The molecule has 0 saturated heterocycles.